The van der Waals surface area contributed by atoms with E-state index in [0.29, 0.717) is 18.7 Å². The summed E-state index contributed by atoms with van der Waals surface area (Å²) in [6.45, 7) is 2.03. The quantitative estimate of drug-likeness (QED) is 0.600. The average molecular weight is 407 g/mol. The topological polar surface area (TPSA) is 95.7 Å². The van der Waals surface area contributed by atoms with E-state index in [9.17, 15) is 20.0 Å². The Labute approximate surface area is 174 Å². The van der Waals surface area contributed by atoms with Crippen LogP contribution in [0.5, 0.6) is 0 Å². The first-order chi connectivity index (χ1) is 14.5. The lowest BCUT2D eigenvalue weighted by atomic mass is 9.67. The first-order valence-corrected chi connectivity index (χ1v) is 10.5. The predicted molar refractivity (Wildman–Crippen MR) is 112 cm³/mol. The number of hydrogen-bond acceptors (Lipinski definition) is 5. The van der Waals surface area contributed by atoms with Crippen LogP contribution in [-0.2, 0) is 16.8 Å². The van der Waals surface area contributed by atoms with Crippen molar-refractivity contribution < 1.29 is 14.8 Å². The van der Waals surface area contributed by atoms with Crippen molar-refractivity contribution in [3.63, 3.8) is 0 Å². The Kier molecular flexibility index (Phi) is 4.24. The zero-order valence-electron chi connectivity index (χ0n) is 16.9. The standard InChI is InChI=1S/C23H25N3O4/c1-2-15-9-11-16(12-10-15)20-22(14-27,26(29)30)19-8-5-13-25(19)23(20)17-6-3-4-7-18(17)24-21(23)28/h3-4,6-7,9-12,19-20,27H,2,5,8,13-14H2,1H3,(H,24,28)/t19-,20-,22+,23?/m1/s1. The van der Waals surface area contributed by atoms with Gasteiger partial charge in [0.25, 0.3) is 11.4 Å². The van der Waals surface area contributed by atoms with Gasteiger partial charge in [0.05, 0.1) is 12.0 Å². The highest BCUT2D eigenvalue weighted by molar-refractivity contribution is 6.07. The largest absolute Gasteiger partial charge is 0.389 e. The minimum atomic E-state index is -1.65. The summed E-state index contributed by atoms with van der Waals surface area (Å²) in [7, 11) is 0. The van der Waals surface area contributed by atoms with Gasteiger partial charge in [-0.25, -0.2) is 0 Å². The molecular formula is C23H25N3O4. The number of carbonyl (C=O) groups is 1. The number of para-hydroxylation sites is 1. The summed E-state index contributed by atoms with van der Waals surface area (Å²) in [6.07, 6.45) is 2.20. The number of anilines is 1. The summed E-state index contributed by atoms with van der Waals surface area (Å²) in [6, 6.07) is 14.7. The normalized spacial score (nSPS) is 32.3. The van der Waals surface area contributed by atoms with E-state index in [1.807, 2.05) is 53.4 Å². The summed E-state index contributed by atoms with van der Waals surface area (Å²) < 4.78 is 0. The second-order valence-corrected chi connectivity index (χ2v) is 8.55. The molecule has 0 aromatic heterocycles. The number of nitro groups is 1. The van der Waals surface area contributed by atoms with Gasteiger partial charge in [0.1, 0.15) is 12.1 Å². The van der Waals surface area contributed by atoms with Crippen molar-refractivity contribution in [2.24, 2.45) is 0 Å². The molecule has 5 rings (SSSR count). The molecule has 0 aliphatic carbocycles. The molecule has 7 nitrogen and oxygen atoms in total. The van der Waals surface area contributed by atoms with Gasteiger partial charge in [-0.15, -0.1) is 0 Å². The molecular weight excluding hydrogens is 382 g/mol. The summed E-state index contributed by atoms with van der Waals surface area (Å²) in [5, 5.41) is 26.2. The van der Waals surface area contributed by atoms with E-state index in [0.717, 1.165) is 29.5 Å². The molecule has 3 heterocycles. The van der Waals surface area contributed by atoms with Gasteiger partial charge in [-0.05, 0) is 36.5 Å². The summed E-state index contributed by atoms with van der Waals surface area (Å²) >= 11 is 0. The van der Waals surface area contributed by atoms with Crippen LogP contribution < -0.4 is 5.32 Å². The fourth-order valence-corrected chi connectivity index (χ4v) is 6.22. The second kappa shape index (κ2) is 6.62. The first kappa shape index (κ1) is 19.2. The third-order valence-electron chi connectivity index (χ3n) is 7.45. The number of rotatable bonds is 4. The van der Waals surface area contributed by atoms with Gasteiger partial charge < -0.3 is 10.4 Å². The smallest absolute Gasteiger partial charge is 0.269 e. The highest BCUT2D eigenvalue weighted by Gasteiger charge is 2.78. The summed E-state index contributed by atoms with van der Waals surface area (Å²) in [5.74, 6) is -1.04. The molecule has 156 valence electrons. The summed E-state index contributed by atoms with van der Waals surface area (Å²) in [5.41, 5.74) is 0.446. The predicted octanol–water partition coefficient (Wildman–Crippen LogP) is 2.67. The minimum absolute atomic E-state index is 0.239. The number of aryl methyl sites for hydroxylation is 1. The number of hydrogen-bond donors (Lipinski definition) is 2. The molecule has 0 radical (unpaired) electrons. The Balaban J connectivity index is 1.84. The average Bonchev–Trinajstić information content (AvgIpc) is 3.41. The zero-order valence-corrected chi connectivity index (χ0v) is 16.9. The lowest BCUT2D eigenvalue weighted by Crippen LogP contribution is -2.55. The number of amides is 1. The maximum Gasteiger partial charge on any atom is 0.269 e. The number of aliphatic hydroxyl groups excluding tert-OH is 1. The van der Waals surface area contributed by atoms with Gasteiger partial charge in [0.2, 0.25) is 0 Å². The van der Waals surface area contributed by atoms with Crippen LogP contribution in [0.4, 0.5) is 5.69 Å². The van der Waals surface area contributed by atoms with Gasteiger partial charge in [-0.1, -0.05) is 49.4 Å². The number of benzene rings is 2. The van der Waals surface area contributed by atoms with E-state index >= 15 is 0 Å². The fourth-order valence-electron chi connectivity index (χ4n) is 6.22. The molecule has 7 heteroatoms. The molecule has 3 aliphatic heterocycles. The molecule has 1 spiro atoms. The van der Waals surface area contributed by atoms with Crippen molar-refractivity contribution >= 4 is 11.6 Å². The number of nitrogens with one attached hydrogen (secondary N) is 1. The number of fused-ring (bicyclic) bond motifs is 4. The van der Waals surface area contributed by atoms with Crippen molar-refractivity contribution in [1.29, 1.82) is 0 Å². The van der Waals surface area contributed by atoms with Crippen LogP contribution in [-0.4, -0.2) is 45.6 Å². The van der Waals surface area contributed by atoms with E-state index < -0.39 is 29.6 Å². The van der Waals surface area contributed by atoms with E-state index in [1.54, 1.807) is 0 Å². The molecule has 3 aliphatic rings. The Bertz CT molecular complexity index is 1020. The SMILES string of the molecule is CCc1ccc([C@H]2C3(C(=O)Nc4ccccc43)N3CCC[C@@H]3[C@]2(CO)[N+](=O)[O-])cc1. The zero-order chi connectivity index (χ0) is 21.1. The number of aliphatic hydroxyl groups is 1. The molecule has 1 unspecified atom stereocenters. The molecule has 2 N–H and O–H groups in total. The maximum atomic E-state index is 13.7. The Morgan fingerprint density at radius 2 is 1.97 bits per heavy atom. The molecule has 1 amide bonds. The molecule has 4 atom stereocenters. The van der Waals surface area contributed by atoms with Gasteiger partial charge in [0, 0.05) is 22.7 Å². The minimum Gasteiger partial charge on any atom is -0.389 e. The molecule has 2 fully saturated rings. The van der Waals surface area contributed by atoms with E-state index in [1.165, 1.54) is 0 Å². The fraction of sp³-hybridized carbons (Fsp3) is 0.435. The molecule has 0 bridgehead atoms. The highest BCUT2D eigenvalue weighted by atomic mass is 16.6. The molecule has 2 saturated heterocycles. The van der Waals surface area contributed by atoms with E-state index in [2.05, 4.69) is 12.2 Å². The Morgan fingerprint density at radius 3 is 2.63 bits per heavy atom. The third kappa shape index (κ3) is 2.14. The van der Waals surface area contributed by atoms with Crippen molar-refractivity contribution in [2.75, 3.05) is 18.5 Å². The van der Waals surface area contributed by atoms with Gasteiger partial charge in [-0.2, -0.15) is 0 Å². The van der Waals surface area contributed by atoms with Crippen molar-refractivity contribution in [1.82, 2.24) is 4.90 Å². The molecule has 2 aromatic rings. The molecule has 0 saturated carbocycles. The van der Waals surface area contributed by atoms with Crippen LogP contribution in [0.25, 0.3) is 0 Å². The van der Waals surface area contributed by atoms with Crippen LogP contribution in [0.2, 0.25) is 0 Å². The Hall–Kier alpha value is -2.77. The maximum absolute atomic E-state index is 13.7. The number of nitrogens with zero attached hydrogens (tertiary/aromatic N) is 2. The van der Waals surface area contributed by atoms with Crippen LogP contribution in [0.3, 0.4) is 0 Å². The van der Waals surface area contributed by atoms with Crippen molar-refractivity contribution in [3.8, 4) is 0 Å². The van der Waals surface area contributed by atoms with Crippen LogP contribution in [0.15, 0.2) is 48.5 Å². The van der Waals surface area contributed by atoms with Crippen LogP contribution in [0.1, 0.15) is 42.4 Å². The lowest BCUT2D eigenvalue weighted by Gasteiger charge is -2.37. The summed E-state index contributed by atoms with van der Waals surface area (Å²) in [4.78, 5) is 28.0. The lowest BCUT2D eigenvalue weighted by molar-refractivity contribution is -0.580. The van der Waals surface area contributed by atoms with Crippen molar-refractivity contribution in [2.45, 2.75) is 49.2 Å². The second-order valence-electron chi connectivity index (χ2n) is 8.55. The van der Waals surface area contributed by atoms with E-state index in [4.69, 9.17) is 0 Å². The van der Waals surface area contributed by atoms with Crippen LogP contribution >= 0.6 is 0 Å². The van der Waals surface area contributed by atoms with Gasteiger partial charge >= 0.3 is 0 Å². The van der Waals surface area contributed by atoms with Crippen molar-refractivity contribution in [3.05, 3.63) is 75.3 Å². The van der Waals surface area contributed by atoms with Gasteiger partial charge in [0.15, 0.2) is 0 Å². The molecule has 2 aromatic carbocycles. The van der Waals surface area contributed by atoms with Gasteiger partial charge in [-0.3, -0.25) is 19.8 Å². The molecule has 30 heavy (non-hydrogen) atoms. The third-order valence-corrected chi connectivity index (χ3v) is 7.45. The number of carbonyl (C=O) groups excluding carboxylic acids is 1. The first-order valence-electron chi connectivity index (χ1n) is 10.5. The monoisotopic (exact) mass is 407 g/mol. The van der Waals surface area contributed by atoms with E-state index in [-0.39, 0.29) is 10.8 Å². The highest BCUT2D eigenvalue weighted by Crippen LogP contribution is 2.63. The Morgan fingerprint density at radius 1 is 1.23 bits per heavy atom. The van der Waals surface area contributed by atoms with Crippen LogP contribution in [0, 0.1) is 10.1 Å².